The number of ether oxygens (including phenoxy) is 1. The summed E-state index contributed by atoms with van der Waals surface area (Å²) in [6.07, 6.45) is 1.42. The molecule has 1 aromatic heterocycles. The van der Waals surface area contributed by atoms with Crippen molar-refractivity contribution in [3.05, 3.63) is 47.7 Å². The highest BCUT2D eigenvalue weighted by molar-refractivity contribution is 5.97. The molecule has 2 amide bonds. The van der Waals surface area contributed by atoms with Crippen LogP contribution >= 0.6 is 0 Å². The Morgan fingerprint density at radius 3 is 2.76 bits per heavy atom. The largest absolute Gasteiger partial charge is 0.368 e. The fraction of sp³-hybridized carbons (Fsp3) is 0.389. The first-order valence-electron chi connectivity index (χ1n) is 8.32. The van der Waals surface area contributed by atoms with E-state index in [1.54, 1.807) is 13.0 Å². The van der Waals surface area contributed by atoms with E-state index in [0.29, 0.717) is 31.0 Å². The van der Waals surface area contributed by atoms with Crippen LogP contribution in [0.3, 0.4) is 0 Å². The molecule has 7 heteroatoms. The van der Waals surface area contributed by atoms with Gasteiger partial charge in [-0.1, -0.05) is 35.5 Å². The molecule has 2 N–H and O–H groups in total. The van der Waals surface area contributed by atoms with Gasteiger partial charge in [0.2, 0.25) is 11.8 Å². The van der Waals surface area contributed by atoms with Gasteiger partial charge >= 0.3 is 0 Å². The smallest absolute Gasteiger partial charge is 0.249 e. The highest BCUT2D eigenvalue weighted by atomic mass is 16.5. The van der Waals surface area contributed by atoms with Gasteiger partial charge in [-0.15, -0.1) is 0 Å². The van der Waals surface area contributed by atoms with E-state index in [9.17, 15) is 9.59 Å². The molecule has 1 aliphatic heterocycles. The lowest BCUT2D eigenvalue weighted by molar-refractivity contribution is -0.133. The second-order valence-corrected chi connectivity index (χ2v) is 6.06. The van der Waals surface area contributed by atoms with Crippen molar-refractivity contribution in [2.45, 2.75) is 38.3 Å². The molecule has 1 aromatic carbocycles. The number of carbonyl (C=O) groups excluding carboxylic acids is 2. The van der Waals surface area contributed by atoms with Crippen LogP contribution in [0.5, 0.6) is 0 Å². The third-order valence-electron chi connectivity index (χ3n) is 4.02. The average Bonchev–Trinajstić information content (AvgIpc) is 3.27. The van der Waals surface area contributed by atoms with Crippen LogP contribution in [0.15, 0.2) is 40.9 Å². The van der Waals surface area contributed by atoms with Gasteiger partial charge in [0.1, 0.15) is 17.9 Å². The van der Waals surface area contributed by atoms with Gasteiger partial charge in [0.15, 0.2) is 5.82 Å². The number of anilines is 1. The van der Waals surface area contributed by atoms with Crippen molar-refractivity contribution in [2.75, 3.05) is 11.9 Å². The molecule has 0 spiro atoms. The van der Waals surface area contributed by atoms with E-state index < -0.39 is 12.1 Å². The molecule has 3 rings (SSSR count). The van der Waals surface area contributed by atoms with E-state index in [0.717, 1.165) is 12.0 Å². The Balaban J connectivity index is 1.70. The lowest BCUT2D eigenvalue weighted by Crippen LogP contribution is -2.48. The highest BCUT2D eigenvalue weighted by Gasteiger charge is 2.28. The van der Waals surface area contributed by atoms with Crippen LogP contribution < -0.4 is 10.6 Å². The lowest BCUT2D eigenvalue weighted by Gasteiger charge is -2.20. The Labute approximate surface area is 145 Å². The van der Waals surface area contributed by atoms with Crippen molar-refractivity contribution < 1.29 is 18.8 Å². The Morgan fingerprint density at radius 1 is 1.32 bits per heavy atom. The minimum atomic E-state index is -0.726. The molecule has 1 unspecified atom stereocenters. The first kappa shape index (κ1) is 17.2. The number of aryl methyl sites for hydroxylation is 1. The summed E-state index contributed by atoms with van der Waals surface area (Å²) in [6, 6.07) is 10.4. The van der Waals surface area contributed by atoms with Crippen LogP contribution in [0.25, 0.3) is 0 Å². The number of nitrogens with one attached hydrogen (secondary N) is 2. The molecule has 25 heavy (non-hydrogen) atoms. The molecule has 1 fully saturated rings. The number of benzene rings is 1. The van der Waals surface area contributed by atoms with Crippen molar-refractivity contribution in [1.29, 1.82) is 0 Å². The third kappa shape index (κ3) is 4.67. The predicted octanol–water partition coefficient (Wildman–Crippen LogP) is 1.83. The monoisotopic (exact) mass is 343 g/mol. The fourth-order valence-corrected chi connectivity index (χ4v) is 2.75. The van der Waals surface area contributed by atoms with Gasteiger partial charge < -0.3 is 19.9 Å². The molecule has 0 saturated carbocycles. The zero-order valence-corrected chi connectivity index (χ0v) is 14.0. The molecule has 2 heterocycles. The van der Waals surface area contributed by atoms with Crippen LogP contribution in [0.4, 0.5) is 5.82 Å². The van der Waals surface area contributed by atoms with Gasteiger partial charge in [-0.25, -0.2) is 0 Å². The highest BCUT2D eigenvalue weighted by Crippen LogP contribution is 2.14. The zero-order chi connectivity index (χ0) is 17.6. The maximum Gasteiger partial charge on any atom is 0.249 e. The SMILES string of the molecule is Cc1cc(NC(=O)[C@H](Cc2ccccc2)NC(=O)C2CCCO2)no1. The van der Waals surface area contributed by atoms with E-state index in [1.807, 2.05) is 30.3 Å². The number of hydrogen-bond donors (Lipinski definition) is 2. The van der Waals surface area contributed by atoms with Gasteiger partial charge in [-0.3, -0.25) is 9.59 Å². The average molecular weight is 343 g/mol. The van der Waals surface area contributed by atoms with Crippen LogP contribution in [0, 0.1) is 6.92 Å². The maximum atomic E-state index is 12.6. The zero-order valence-electron chi connectivity index (χ0n) is 14.0. The molecule has 2 aromatic rings. The van der Waals surface area contributed by atoms with Crippen molar-refractivity contribution in [3.63, 3.8) is 0 Å². The summed E-state index contributed by atoms with van der Waals surface area (Å²) >= 11 is 0. The second-order valence-electron chi connectivity index (χ2n) is 6.06. The Morgan fingerprint density at radius 2 is 2.12 bits per heavy atom. The second kappa shape index (κ2) is 7.94. The summed E-state index contributed by atoms with van der Waals surface area (Å²) in [5.41, 5.74) is 0.951. The van der Waals surface area contributed by atoms with Gasteiger partial charge in [-0.05, 0) is 25.3 Å². The number of amides is 2. The van der Waals surface area contributed by atoms with Crippen molar-refractivity contribution in [2.24, 2.45) is 0 Å². The van der Waals surface area contributed by atoms with Gasteiger partial charge in [0, 0.05) is 19.1 Å². The summed E-state index contributed by atoms with van der Waals surface area (Å²) in [6.45, 7) is 2.31. The maximum absolute atomic E-state index is 12.6. The summed E-state index contributed by atoms with van der Waals surface area (Å²) in [5, 5.41) is 9.24. The summed E-state index contributed by atoms with van der Waals surface area (Å²) in [7, 11) is 0. The Hall–Kier alpha value is -2.67. The Kier molecular flexibility index (Phi) is 5.45. The molecule has 2 atom stereocenters. The lowest BCUT2D eigenvalue weighted by atomic mass is 10.0. The standard InChI is InChI=1S/C18H21N3O4/c1-12-10-16(21-25-12)20-17(22)14(11-13-6-3-2-4-7-13)19-18(23)15-8-5-9-24-15/h2-4,6-7,10,14-15H,5,8-9,11H2,1H3,(H,19,23)(H,20,21,22)/t14-,15?/m0/s1. The normalized spacial score (nSPS) is 17.9. The van der Waals surface area contributed by atoms with Gasteiger partial charge in [0.05, 0.1) is 0 Å². The van der Waals surface area contributed by atoms with E-state index in [2.05, 4.69) is 15.8 Å². The first-order valence-corrected chi connectivity index (χ1v) is 8.32. The molecule has 7 nitrogen and oxygen atoms in total. The molecule has 1 saturated heterocycles. The van der Waals surface area contributed by atoms with E-state index >= 15 is 0 Å². The molecule has 1 aliphatic rings. The fourth-order valence-electron chi connectivity index (χ4n) is 2.75. The van der Waals surface area contributed by atoms with Crippen LogP contribution in [0.2, 0.25) is 0 Å². The molecule has 0 aliphatic carbocycles. The Bertz CT molecular complexity index is 723. The minimum Gasteiger partial charge on any atom is -0.368 e. The van der Waals surface area contributed by atoms with E-state index in [1.165, 1.54) is 0 Å². The van der Waals surface area contributed by atoms with Gasteiger partial charge in [-0.2, -0.15) is 0 Å². The third-order valence-corrected chi connectivity index (χ3v) is 4.02. The molecule has 0 bridgehead atoms. The minimum absolute atomic E-state index is 0.259. The summed E-state index contributed by atoms with van der Waals surface area (Å²) in [4.78, 5) is 25.0. The molecule has 132 valence electrons. The van der Waals surface area contributed by atoms with Crippen LogP contribution in [-0.2, 0) is 20.7 Å². The number of carbonyl (C=O) groups is 2. The van der Waals surface area contributed by atoms with Crippen LogP contribution in [-0.4, -0.2) is 35.7 Å². The van der Waals surface area contributed by atoms with E-state index in [-0.39, 0.29) is 11.8 Å². The first-order chi connectivity index (χ1) is 12.1. The van der Waals surface area contributed by atoms with E-state index in [4.69, 9.17) is 9.26 Å². The number of aromatic nitrogens is 1. The topological polar surface area (TPSA) is 93.5 Å². The van der Waals surface area contributed by atoms with Crippen LogP contribution in [0.1, 0.15) is 24.2 Å². The van der Waals surface area contributed by atoms with Gasteiger partial charge in [0.25, 0.3) is 0 Å². The summed E-state index contributed by atoms with van der Waals surface area (Å²) in [5.74, 6) is 0.318. The predicted molar refractivity (Wildman–Crippen MR) is 90.9 cm³/mol. The van der Waals surface area contributed by atoms with Crippen molar-refractivity contribution in [1.82, 2.24) is 10.5 Å². The number of hydrogen-bond acceptors (Lipinski definition) is 5. The number of rotatable bonds is 6. The van der Waals surface area contributed by atoms with Crippen molar-refractivity contribution >= 4 is 17.6 Å². The molecular weight excluding hydrogens is 322 g/mol. The quantitative estimate of drug-likeness (QED) is 0.834. The summed E-state index contributed by atoms with van der Waals surface area (Å²) < 4.78 is 10.3. The molecular formula is C18H21N3O4. The van der Waals surface area contributed by atoms with Crippen molar-refractivity contribution in [3.8, 4) is 0 Å². The molecule has 0 radical (unpaired) electrons. The number of nitrogens with zero attached hydrogens (tertiary/aromatic N) is 1.